The molecule has 1 aromatic rings. The minimum absolute atomic E-state index is 0.0990. The molecule has 3 nitrogen and oxygen atoms in total. The Kier molecular flexibility index (Phi) is 6.34. The molecule has 0 saturated carbocycles. The first kappa shape index (κ1) is 16.1. The highest BCUT2D eigenvalue weighted by Crippen LogP contribution is 2.26. The van der Waals surface area contributed by atoms with E-state index in [1.807, 2.05) is 6.92 Å². The van der Waals surface area contributed by atoms with Gasteiger partial charge in [0.25, 0.3) is 5.56 Å². The third-order valence-electron chi connectivity index (χ3n) is 4.70. The molecule has 1 aromatic heterocycles. The van der Waals surface area contributed by atoms with Gasteiger partial charge in [0, 0.05) is 11.3 Å². The van der Waals surface area contributed by atoms with Gasteiger partial charge in [-0.05, 0) is 32.6 Å². The van der Waals surface area contributed by atoms with Gasteiger partial charge in [0.05, 0.1) is 5.56 Å². The fourth-order valence-corrected chi connectivity index (χ4v) is 3.34. The molecule has 3 heteroatoms. The predicted molar refractivity (Wildman–Crippen MR) is 87.0 cm³/mol. The summed E-state index contributed by atoms with van der Waals surface area (Å²) >= 11 is 0. The average Bonchev–Trinajstić information content (AvgIpc) is 2.45. The summed E-state index contributed by atoms with van der Waals surface area (Å²) in [6.07, 6.45) is 13.9. The van der Waals surface area contributed by atoms with E-state index >= 15 is 0 Å². The molecule has 2 bridgehead atoms. The summed E-state index contributed by atoms with van der Waals surface area (Å²) in [7, 11) is 0. The number of hydrogen-bond acceptors (Lipinski definition) is 2. The maximum atomic E-state index is 12.1. The highest BCUT2D eigenvalue weighted by atomic mass is 16.3. The van der Waals surface area contributed by atoms with Gasteiger partial charge in [-0.2, -0.15) is 0 Å². The summed E-state index contributed by atoms with van der Waals surface area (Å²) in [5.41, 5.74) is 2.30. The second-order valence-electron chi connectivity index (χ2n) is 6.42. The Morgan fingerprint density at radius 1 is 0.762 bits per heavy atom. The van der Waals surface area contributed by atoms with Crippen molar-refractivity contribution < 1.29 is 5.11 Å². The van der Waals surface area contributed by atoms with Gasteiger partial charge in [0.2, 0.25) is 0 Å². The first-order valence-corrected chi connectivity index (χ1v) is 8.63. The van der Waals surface area contributed by atoms with Crippen LogP contribution in [-0.4, -0.2) is 10.1 Å². The van der Waals surface area contributed by atoms with Crippen molar-refractivity contribution in [3.05, 3.63) is 27.2 Å². The SMILES string of the molecule is Cc1[nH]c(=O)c2c(O)c1CCCCCCCCCCCC2. The summed E-state index contributed by atoms with van der Waals surface area (Å²) < 4.78 is 0. The van der Waals surface area contributed by atoms with Gasteiger partial charge in [-0.3, -0.25) is 4.79 Å². The molecule has 2 N–H and O–H groups in total. The van der Waals surface area contributed by atoms with Crippen LogP contribution in [-0.2, 0) is 12.8 Å². The Bertz CT molecular complexity index is 505. The quantitative estimate of drug-likeness (QED) is 0.745. The van der Waals surface area contributed by atoms with Crippen molar-refractivity contribution >= 4 is 0 Å². The van der Waals surface area contributed by atoms with E-state index in [1.54, 1.807) is 0 Å². The number of hydrogen-bond donors (Lipinski definition) is 2. The van der Waals surface area contributed by atoms with Crippen molar-refractivity contribution in [3.63, 3.8) is 0 Å². The first-order chi connectivity index (χ1) is 10.2. The maximum absolute atomic E-state index is 12.1. The van der Waals surface area contributed by atoms with Gasteiger partial charge in [-0.1, -0.05) is 51.4 Å². The summed E-state index contributed by atoms with van der Waals surface area (Å²) in [6.45, 7) is 1.90. The van der Waals surface area contributed by atoms with Crippen molar-refractivity contribution in [2.75, 3.05) is 0 Å². The molecule has 0 amide bonds. The molecular weight excluding hydrogens is 262 g/mol. The van der Waals surface area contributed by atoms with E-state index in [2.05, 4.69) is 4.98 Å². The Labute approximate surface area is 127 Å². The number of aromatic nitrogens is 1. The average molecular weight is 291 g/mol. The van der Waals surface area contributed by atoms with Crippen LogP contribution in [0.2, 0.25) is 0 Å². The van der Waals surface area contributed by atoms with E-state index in [9.17, 15) is 9.90 Å². The van der Waals surface area contributed by atoms with Crippen LogP contribution in [0.4, 0.5) is 0 Å². The lowest BCUT2D eigenvalue weighted by atomic mass is 9.99. The summed E-state index contributed by atoms with van der Waals surface area (Å²) in [5.74, 6) is 0.270. The van der Waals surface area contributed by atoms with Crippen LogP contribution >= 0.6 is 0 Å². The van der Waals surface area contributed by atoms with E-state index < -0.39 is 0 Å². The Balaban J connectivity index is 2.15. The third kappa shape index (κ3) is 4.62. The molecule has 0 atom stereocenters. The molecule has 0 aromatic carbocycles. The second-order valence-corrected chi connectivity index (χ2v) is 6.42. The largest absolute Gasteiger partial charge is 0.507 e. The summed E-state index contributed by atoms with van der Waals surface area (Å²) in [4.78, 5) is 15.0. The molecule has 0 fully saturated rings. The van der Waals surface area contributed by atoms with Crippen molar-refractivity contribution in [1.29, 1.82) is 0 Å². The van der Waals surface area contributed by atoms with Crippen LogP contribution in [0.25, 0.3) is 0 Å². The number of H-pyrrole nitrogens is 1. The van der Waals surface area contributed by atoms with Gasteiger partial charge in [0.1, 0.15) is 5.75 Å². The first-order valence-electron chi connectivity index (χ1n) is 8.63. The minimum Gasteiger partial charge on any atom is -0.507 e. The topological polar surface area (TPSA) is 53.1 Å². The summed E-state index contributed by atoms with van der Waals surface area (Å²) in [5, 5.41) is 10.5. The van der Waals surface area contributed by atoms with Gasteiger partial charge in [0.15, 0.2) is 0 Å². The lowest BCUT2D eigenvalue weighted by Gasteiger charge is -2.12. The van der Waals surface area contributed by atoms with Crippen molar-refractivity contribution in [2.24, 2.45) is 0 Å². The van der Waals surface area contributed by atoms with E-state index in [0.29, 0.717) is 12.0 Å². The number of nitrogens with one attached hydrogen (secondary N) is 1. The van der Waals surface area contributed by atoms with Gasteiger partial charge < -0.3 is 10.1 Å². The number of rotatable bonds is 0. The third-order valence-corrected chi connectivity index (χ3v) is 4.70. The molecule has 2 rings (SSSR count). The molecule has 1 aliphatic carbocycles. The highest BCUT2D eigenvalue weighted by molar-refractivity contribution is 5.41. The molecule has 0 radical (unpaired) electrons. The fourth-order valence-electron chi connectivity index (χ4n) is 3.34. The van der Waals surface area contributed by atoms with Gasteiger partial charge in [-0.15, -0.1) is 0 Å². The lowest BCUT2D eigenvalue weighted by Crippen LogP contribution is -2.16. The van der Waals surface area contributed by atoms with Crippen molar-refractivity contribution in [1.82, 2.24) is 4.98 Å². The van der Waals surface area contributed by atoms with Gasteiger partial charge in [-0.25, -0.2) is 0 Å². The normalized spacial score (nSPS) is 18.7. The van der Waals surface area contributed by atoms with E-state index in [-0.39, 0.29) is 11.3 Å². The molecule has 118 valence electrons. The molecule has 0 spiro atoms. The van der Waals surface area contributed by atoms with Crippen molar-refractivity contribution in [2.45, 2.75) is 84.0 Å². The number of aromatic amines is 1. The van der Waals surface area contributed by atoms with E-state index in [1.165, 1.54) is 44.9 Å². The van der Waals surface area contributed by atoms with Crippen LogP contribution in [0.3, 0.4) is 0 Å². The summed E-state index contributed by atoms with van der Waals surface area (Å²) in [6, 6.07) is 0. The Morgan fingerprint density at radius 2 is 1.19 bits per heavy atom. The molecular formula is C18H29NO2. The highest BCUT2D eigenvalue weighted by Gasteiger charge is 2.14. The number of aryl methyl sites for hydroxylation is 1. The monoisotopic (exact) mass is 291 g/mol. The van der Waals surface area contributed by atoms with Crippen LogP contribution in [0, 0.1) is 6.92 Å². The molecule has 0 aliphatic heterocycles. The second kappa shape index (κ2) is 8.26. The van der Waals surface area contributed by atoms with Crippen LogP contribution < -0.4 is 5.56 Å². The maximum Gasteiger partial charge on any atom is 0.255 e. The Morgan fingerprint density at radius 3 is 1.71 bits per heavy atom. The Hall–Kier alpha value is -1.25. The number of fused-ring (bicyclic) bond motifs is 2. The van der Waals surface area contributed by atoms with Crippen LogP contribution in [0.1, 0.15) is 81.0 Å². The van der Waals surface area contributed by atoms with Crippen molar-refractivity contribution in [3.8, 4) is 5.75 Å². The number of aromatic hydroxyl groups is 1. The molecule has 0 saturated heterocycles. The van der Waals surface area contributed by atoms with Crippen LogP contribution in [0.5, 0.6) is 5.75 Å². The zero-order valence-corrected chi connectivity index (χ0v) is 13.3. The number of pyridine rings is 1. The zero-order valence-electron chi connectivity index (χ0n) is 13.3. The minimum atomic E-state index is -0.0990. The van der Waals surface area contributed by atoms with E-state index in [0.717, 1.165) is 36.9 Å². The molecule has 21 heavy (non-hydrogen) atoms. The fraction of sp³-hybridized carbons (Fsp3) is 0.722. The molecule has 0 unspecified atom stereocenters. The van der Waals surface area contributed by atoms with Crippen LogP contribution in [0.15, 0.2) is 4.79 Å². The predicted octanol–water partition coefficient (Wildman–Crippen LogP) is 4.39. The van der Waals surface area contributed by atoms with E-state index in [4.69, 9.17) is 0 Å². The van der Waals surface area contributed by atoms with Gasteiger partial charge >= 0.3 is 0 Å². The molecule has 1 heterocycles. The lowest BCUT2D eigenvalue weighted by molar-refractivity contribution is 0.453. The smallest absolute Gasteiger partial charge is 0.255 e. The molecule has 1 aliphatic rings. The standard InChI is InChI=1S/C18H29NO2/c1-14-15-12-10-8-6-4-2-3-5-7-9-11-13-16(17(15)20)18(21)19-14/h2-13H2,1H3,(H2,19,20,21). The zero-order chi connectivity index (χ0) is 15.1.